The van der Waals surface area contributed by atoms with Gasteiger partial charge in [-0.1, -0.05) is 111 Å². The van der Waals surface area contributed by atoms with Crippen molar-refractivity contribution >= 4 is 53.0 Å². The fourth-order valence-electron chi connectivity index (χ4n) is 10.3. The van der Waals surface area contributed by atoms with E-state index in [2.05, 4.69) is 21.3 Å². The molecule has 19 heteroatoms. The summed E-state index contributed by atoms with van der Waals surface area (Å²) in [7, 11) is 4.50. The molecule has 2 aromatic rings. The molecule has 0 bridgehead atoms. The van der Waals surface area contributed by atoms with Crippen molar-refractivity contribution in [1.82, 2.24) is 30.7 Å². The second-order valence-corrected chi connectivity index (χ2v) is 21.8. The molecule has 2 aromatic carbocycles. The molecule has 7 amide bonds. The highest BCUT2D eigenvalue weighted by atomic mass is 16.6. The molecular formula is C58H89N7O12. The number of aliphatic hydroxyl groups excluding tert-OH is 1. The molecule has 77 heavy (non-hydrogen) atoms. The highest BCUT2D eigenvalue weighted by Crippen LogP contribution is 2.29. The highest BCUT2D eigenvalue weighted by molar-refractivity contribution is 6.03. The van der Waals surface area contributed by atoms with Gasteiger partial charge in [0.15, 0.2) is 5.78 Å². The third-order valence-electron chi connectivity index (χ3n) is 15.3. The van der Waals surface area contributed by atoms with Crippen LogP contribution in [0.25, 0.3) is 0 Å². The minimum Gasteiger partial charge on any atom is -0.445 e. The lowest BCUT2D eigenvalue weighted by Gasteiger charge is -2.37. The van der Waals surface area contributed by atoms with E-state index in [1.165, 1.54) is 31.1 Å². The molecule has 19 nitrogen and oxygen atoms in total. The minimum atomic E-state index is -1.01. The number of amides is 7. The number of aliphatic hydroxyl groups is 1. The van der Waals surface area contributed by atoms with Gasteiger partial charge in [-0.25, -0.2) is 4.79 Å². The van der Waals surface area contributed by atoms with Crippen LogP contribution >= 0.6 is 0 Å². The standard InChI is InChI=1S/C58H89N7O12/c1-13-37(6)50(46(75-11)32-48(68)64-30-20-24-45(64)53(76-12)39(8)54(70)60-40(9)52(69)42-21-16-14-17-22-42)62-55(71)49(35(2)3)61-56(72)51(36(4)5)63(10)58(74)77-34-41-25-27-43(28-26-41)59-33-44(66)23-18-15-19-29-65-47(67)31-38(7)57(65)73/h14,16-17,21-22,25-28,35-40,45-46,49-53,59,69H,13,15,18-20,23-24,29-34H2,1-12H3,(H,60,70)(H,61,72)(H,62,71)/t37-,38?,39+,40+,45-,46+,49-,50-,51-,52+,53+/m0/s1. The summed E-state index contributed by atoms with van der Waals surface area (Å²) in [4.78, 5) is 111. The zero-order valence-corrected chi connectivity index (χ0v) is 47.7. The Balaban J connectivity index is 1.30. The summed E-state index contributed by atoms with van der Waals surface area (Å²) < 4.78 is 17.6. The van der Waals surface area contributed by atoms with Gasteiger partial charge in [-0.05, 0) is 73.6 Å². The van der Waals surface area contributed by atoms with Gasteiger partial charge in [0.2, 0.25) is 35.4 Å². The zero-order valence-electron chi connectivity index (χ0n) is 47.7. The number of likely N-dealkylation sites (tertiary alicyclic amines) is 2. The van der Waals surface area contributed by atoms with Gasteiger partial charge in [0, 0.05) is 58.8 Å². The summed E-state index contributed by atoms with van der Waals surface area (Å²) in [6, 6.07) is 12.6. The predicted molar refractivity (Wildman–Crippen MR) is 293 cm³/mol. The first-order valence-corrected chi connectivity index (χ1v) is 27.6. The molecule has 0 aliphatic carbocycles. The predicted octanol–water partition coefficient (Wildman–Crippen LogP) is 6.17. The number of unbranched alkanes of at least 4 members (excludes halogenated alkanes) is 2. The van der Waals surface area contributed by atoms with Crippen molar-refractivity contribution in [3.05, 3.63) is 65.7 Å². The number of hydrogen-bond donors (Lipinski definition) is 5. The largest absolute Gasteiger partial charge is 0.445 e. The van der Waals surface area contributed by atoms with Crippen LogP contribution in [0.5, 0.6) is 0 Å². The Morgan fingerprint density at radius 1 is 0.818 bits per heavy atom. The van der Waals surface area contributed by atoms with Gasteiger partial charge in [0.25, 0.3) is 0 Å². The van der Waals surface area contributed by atoms with Crippen LogP contribution < -0.4 is 21.3 Å². The summed E-state index contributed by atoms with van der Waals surface area (Å²) >= 11 is 0. The number of nitrogens with zero attached hydrogens (tertiary/aromatic N) is 3. The first-order valence-electron chi connectivity index (χ1n) is 27.6. The number of imide groups is 1. The van der Waals surface area contributed by atoms with Gasteiger partial charge in [-0.2, -0.15) is 0 Å². The number of benzene rings is 2. The lowest BCUT2D eigenvalue weighted by atomic mass is 9.90. The monoisotopic (exact) mass is 1080 g/mol. The first-order chi connectivity index (χ1) is 36.5. The van der Waals surface area contributed by atoms with Crippen LogP contribution in [0.4, 0.5) is 10.5 Å². The molecule has 1 unspecified atom stereocenters. The number of hydrogen-bond acceptors (Lipinski definition) is 13. The van der Waals surface area contributed by atoms with E-state index in [4.69, 9.17) is 14.2 Å². The van der Waals surface area contributed by atoms with Crippen LogP contribution in [0.15, 0.2) is 54.6 Å². The number of likely N-dealkylation sites (N-methyl/N-ethyl adjacent to an activating group) is 1. The second kappa shape index (κ2) is 30.9. The summed E-state index contributed by atoms with van der Waals surface area (Å²) in [5.74, 6) is -3.57. The Bertz CT molecular complexity index is 2260. The van der Waals surface area contributed by atoms with Crippen LogP contribution in [0.1, 0.15) is 137 Å². The van der Waals surface area contributed by atoms with E-state index in [1.807, 2.05) is 45.9 Å². The summed E-state index contributed by atoms with van der Waals surface area (Å²) in [5.41, 5.74) is 2.07. The van der Waals surface area contributed by atoms with Crippen LogP contribution in [-0.2, 0) is 54.4 Å². The van der Waals surface area contributed by atoms with Gasteiger partial charge in [-0.15, -0.1) is 0 Å². The molecule has 2 fully saturated rings. The normalized spacial score (nSPS) is 19.2. The number of nitrogens with one attached hydrogen (secondary N) is 4. The number of anilines is 1. The SMILES string of the molecule is CC[C@H](C)[C@H](NC(=O)[C@@H](NC(=O)[C@H](C(C)C)N(C)C(=O)OCc1ccc(NCC(=O)CCCCCN2C(=O)CC(C)C2=O)cc1)C(C)C)[C@@H](CC(=O)N1CCC[C@H]1[C@H](OC)[C@@H](C)C(=O)N[C@H](C)[C@@H](O)c1ccccc1)OC. The molecule has 2 heterocycles. The molecular weight excluding hydrogens is 987 g/mol. The van der Waals surface area contributed by atoms with Gasteiger partial charge < -0.3 is 45.5 Å². The quantitative estimate of drug-likeness (QED) is 0.0420. The maximum atomic E-state index is 14.3. The van der Waals surface area contributed by atoms with Crippen molar-refractivity contribution < 1.29 is 57.7 Å². The Morgan fingerprint density at radius 3 is 2.08 bits per heavy atom. The third-order valence-corrected chi connectivity index (χ3v) is 15.3. The number of Topliss-reactive ketones (excluding diaryl/α,β-unsaturated/α-hetero) is 1. The number of carbonyl (C=O) groups is 8. The molecule has 11 atom stereocenters. The van der Waals surface area contributed by atoms with Crippen molar-refractivity contribution in [3.8, 4) is 0 Å². The molecule has 0 aromatic heterocycles. The van der Waals surface area contributed by atoms with E-state index in [1.54, 1.807) is 75.9 Å². The lowest BCUT2D eigenvalue weighted by Crippen LogP contribution is -2.60. The Morgan fingerprint density at radius 2 is 1.49 bits per heavy atom. The summed E-state index contributed by atoms with van der Waals surface area (Å²) in [6.45, 7) is 17.3. The zero-order chi connectivity index (χ0) is 57.1. The van der Waals surface area contributed by atoms with E-state index < -0.39 is 72.3 Å². The van der Waals surface area contributed by atoms with E-state index in [0.29, 0.717) is 68.4 Å². The highest BCUT2D eigenvalue weighted by Gasteiger charge is 2.43. The Hall–Kier alpha value is -5.92. The molecule has 2 saturated heterocycles. The van der Waals surface area contributed by atoms with E-state index in [0.717, 1.165) is 6.42 Å². The third kappa shape index (κ3) is 18.1. The minimum absolute atomic E-state index is 0.0321. The maximum absolute atomic E-state index is 14.3. The number of methoxy groups -OCH3 is 2. The Labute approximate surface area is 456 Å². The van der Waals surface area contributed by atoms with Crippen LogP contribution in [-0.4, -0.2) is 150 Å². The average molecular weight is 1080 g/mol. The van der Waals surface area contributed by atoms with E-state index in [-0.39, 0.29) is 79.1 Å². The molecule has 0 radical (unpaired) electrons. The number of rotatable bonds is 31. The number of ketones is 1. The molecule has 5 N–H and O–H groups in total. The molecule has 2 aliphatic rings. The lowest BCUT2D eigenvalue weighted by molar-refractivity contribution is -0.143. The van der Waals surface area contributed by atoms with Crippen LogP contribution in [0.2, 0.25) is 0 Å². The van der Waals surface area contributed by atoms with Crippen LogP contribution in [0, 0.1) is 29.6 Å². The molecule has 0 saturated carbocycles. The van der Waals surface area contributed by atoms with Gasteiger partial charge >= 0.3 is 6.09 Å². The molecule has 0 spiro atoms. The van der Waals surface area contributed by atoms with Crippen molar-refractivity contribution in [1.29, 1.82) is 0 Å². The molecule has 2 aliphatic heterocycles. The number of carbonyl (C=O) groups excluding carboxylic acids is 8. The number of ether oxygens (including phenoxy) is 3. The van der Waals surface area contributed by atoms with E-state index >= 15 is 0 Å². The second-order valence-electron chi connectivity index (χ2n) is 21.8. The maximum Gasteiger partial charge on any atom is 0.410 e. The van der Waals surface area contributed by atoms with Crippen molar-refractivity contribution in [3.63, 3.8) is 0 Å². The Kier molecular flexibility index (Phi) is 25.5. The van der Waals surface area contributed by atoms with E-state index in [9.17, 15) is 43.5 Å². The fourth-order valence-corrected chi connectivity index (χ4v) is 10.3. The average Bonchev–Trinajstić information content (AvgIpc) is 3.99. The first kappa shape index (κ1) is 63.6. The smallest absolute Gasteiger partial charge is 0.410 e. The molecule has 4 rings (SSSR count). The molecule has 428 valence electrons. The van der Waals surface area contributed by atoms with Crippen LogP contribution in [0.3, 0.4) is 0 Å². The summed E-state index contributed by atoms with van der Waals surface area (Å²) in [6.07, 6.45) is 1.53. The van der Waals surface area contributed by atoms with Gasteiger partial charge in [0.05, 0.1) is 55.3 Å². The van der Waals surface area contributed by atoms with Crippen molar-refractivity contribution in [2.75, 3.05) is 46.2 Å². The van der Waals surface area contributed by atoms with Gasteiger partial charge in [0.1, 0.15) is 18.7 Å². The van der Waals surface area contributed by atoms with Gasteiger partial charge in [-0.3, -0.25) is 43.4 Å². The summed E-state index contributed by atoms with van der Waals surface area (Å²) in [5, 5.41) is 23.0. The van der Waals surface area contributed by atoms with Crippen molar-refractivity contribution in [2.24, 2.45) is 29.6 Å². The van der Waals surface area contributed by atoms with Crippen molar-refractivity contribution in [2.45, 2.75) is 175 Å². The topological polar surface area (TPSA) is 242 Å². The fraction of sp³-hybridized carbons (Fsp3) is 0.655.